The van der Waals surface area contributed by atoms with Crippen LogP contribution in [0.15, 0.2) is 18.2 Å². The molecule has 1 fully saturated rings. The lowest BCUT2D eigenvalue weighted by molar-refractivity contribution is 0.0424. The van der Waals surface area contributed by atoms with Crippen LogP contribution in [0.2, 0.25) is 0 Å². The molecule has 0 saturated heterocycles. The maximum absolute atomic E-state index is 6.39. The molecule has 3 nitrogen and oxygen atoms in total. The summed E-state index contributed by atoms with van der Waals surface area (Å²) >= 11 is 0. The van der Waals surface area contributed by atoms with E-state index in [4.69, 9.17) is 15.2 Å². The van der Waals surface area contributed by atoms with Crippen molar-refractivity contribution in [2.24, 2.45) is 11.7 Å². The van der Waals surface area contributed by atoms with Gasteiger partial charge in [-0.3, -0.25) is 0 Å². The fourth-order valence-corrected chi connectivity index (χ4v) is 3.37. The summed E-state index contributed by atoms with van der Waals surface area (Å²) in [6.45, 7) is 5.03. The summed E-state index contributed by atoms with van der Waals surface area (Å²) < 4.78 is 12.1. The Bertz CT molecular complexity index is 478. The number of fused-ring (bicyclic) bond motifs is 1. The molecule has 2 N–H and O–H groups in total. The van der Waals surface area contributed by atoms with Crippen molar-refractivity contribution in [3.8, 4) is 11.5 Å². The molecule has 20 heavy (non-hydrogen) atoms. The fourth-order valence-electron chi connectivity index (χ4n) is 3.37. The van der Waals surface area contributed by atoms with Crippen LogP contribution in [0, 0.1) is 5.92 Å². The number of nitrogens with two attached hydrogens (primary N) is 1. The molecule has 1 aliphatic carbocycles. The van der Waals surface area contributed by atoms with E-state index in [0.29, 0.717) is 5.92 Å². The topological polar surface area (TPSA) is 44.5 Å². The standard InChI is InChI=1S/C17H25NO2/c1-12(2)11-19-13-5-6-16-14(9-13)15(18)10-17(20-16)7-3-4-8-17/h5-6,9,12,15H,3-4,7-8,10-11,18H2,1-2H3. The lowest BCUT2D eigenvalue weighted by atomic mass is 9.86. The maximum Gasteiger partial charge on any atom is 0.125 e. The van der Waals surface area contributed by atoms with Crippen molar-refractivity contribution < 1.29 is 9.47 Å². The van der Waals surface area contributed by atoms with E-state index in [2.05, 4.69) is 19.9 Å². The number of rotatable bonds is 3. The lowest BCUT2D eigenvalue weighted by Crippen LogP contribution is -2.40. The van der Waals surface area contributed by atoms with Crippen LogP contribution >= 0.6 is 0 Å². The van der Waals surface area contributed by atoms with Gasteiger partial charge in [-0.2, -0.15) is 0 Å². The largest absolute Gasteiger partial charge is 0.493 e. The minimum atomic E-state index is 0.00667. The lowest BCUT2D eigenvalue weighted by Gasteiger charge is -2.38. The first-order chi connectivity index (χ1) is 9.58. The summed E-state index contributed by atoms with van der Waals surface area (Å²) in [5, 5.41) is 0. The van der Waals surface area contributed by atoms with E-state index >= 15 is 0 Å². The Morgan fingerprint density at radius 3 is 2.80 bits per heavy atom. The fraction of sp³-hybridized carbons (Fsp3) is 0.647. The van der Waals surface area contributed by atoms with E-state index in [1.54, 1.807) is 0 Å². The van der Waals surface area contributed by atoms with Gasteiger partial charge in [-0.05, 0) is 49.8 Å². The van der Waals surface area contributed by atoms with Crippen LogP contribution < -0.4 is 15.2 Å². The third-order valence-electron chi connectivity index (χ3n) is 4.40. The van der Waals surface area contributed by atoms with E-state index in [1.807, 2.05) is 12.1 Å². The van der Waals surface area contributed by atoms with Gasteiger partial charge >= 0.3 is 0 Å². The van der Waals surface area contributed by atoms with Gasteiger partial charge < -0.3 is 15.2 Å². The van der Waals surface area contributed by atoms with Crippen molar-refractivity contribution in [2.75, 3.05) is 6.61 Å². The Hall–Kier alpha value is -1.22. The van der Waals surface area contributed by atoms with Crippen LogP contribution in [0.1, 0.15) is 57.6 Å². The van der Waals surface area contributed by atoms with Crippen LogP contribution in [0.3, 0.4) is 0 Å². The molecule has 1 aliphatic heterocycles. The van der Waals surface area contributed by atoms with E-state index in [0.717, 1.165) is 42.9 Å². The second kappa shape index (κ2) is 5.28. The quantitative estimate of drug-likeness (QED) is 0.912. The molecule has 1 spiro atoms. The third kappa shape index (κ3) is 2.64. The predicted molar refractivity (Wildman–Crippen MR) is 80.1 cm³/mol. The van der Waals surface area contributed by atoms with Crippen LogP contribution in [-0.2, 0) is 0 Å². The molecular formula is C17H25NO2. The molecule has 1 heterocycles. The molecule has 0 bridgehead atoms. The summed E-state index contributed by atoms with van der Waals surface area (Å²) in [5.41, 5.74) is 7.50. The van der Waals surface area contributed by atoms with Crippen LogP contribution in [-0.4, -0.2) is 12.2 Å². The van der Waals surface area contributed by atoms with E-state index in [1.165, 1.54) is 12.8 Å². The summed E-state index contributed by atoms with van der Waals surface area (Å²) in [7, 11) is 0. The van der Waals surface area contributed by atoms with Crippen molar-refractivity contribution in [2.45, 2.75) is 57.6 Å². The normalized spacial score (nSPS) is 23.7. The predicted octanol–water partition coefficient (Wildman–Crippen LogP) is 3.82. The molecule has 0 aromatic heterocycles. The second-order valence-electron chi connectivity index (χ2n) is 6.71. The first-order valence-corrected chi connectivity index (χ1v) is 7.79. The SMILES string of the molecule is CC(C)COc1ccc2c(c1)C(N)CC1(CCCC1)O2. The van der Waals surface area contributed by atoms with Crippen molar-refractivity contribution >= 4 is 0 Å². The molecule has 1 aromatic rings. The van der Waals surface area contributed by atoms with Crippen LogP contribution in [0.5, 0.6) is 11.5 Å². The molecule has 110 valence electrons. The van der Waals surface area contributed by atoms with Gasteiger partial charge in [0.15, 0.2) is 0 Å². The van der Waals surface area contributed by atoms with Gasteiger partial charge in [0.2, 0.25) is 0 Å². The Morgan fingerprint density at radius 1 is 1.35 bits per heavy atom. The highest BCUT2D eigenvalue weighted by atomic mass is 16.5. The minimum absolute atomic E-state index is 0.00667. The Morgan fingerprint density at radius 2 is 2.10 bits per heavy atom. The molecule has 0 radical (unpaired) electrons. The zero-order valence-electron chi connectivity index (χ0n) is 12.5. The minimum Gasteiger partial charge on any atom is -0.493 e. The molecule has 2 aliphatic rings. The van der Waals surface area contributed by atoms with Crippen molar-refractivity contribution in [1.82, 2.24) is 0 Å². The van der Waals surface area contributed by atoms with Gasteiger partial charge in [-0.15, -0.1) is 0 Å². The summed E-state index contributed by atoms with van der Waals surface area (Å²) in [6.07, 6.45) is 5.75. The molecule has 1 unspecified atom stereocenters. The average Bonchev–Trinajstić information content (AvgIpc) is 2.84. The van der Waals surface area contributed by atoms with Crippen molar-refractivity contribution in [3.63, 3.8) is 0 Å². The summed E-state index contributed by atoms with van der Waals surface area (Å²) in [4.78, 5) is 0. The molecule has 1 atom stereocenters. The number of ether oxygens (including phenoxy) is 2. The monoisotopic (exact) mass is 275 g/mol. The van der Waals surface area contributed by atoms with Crippen LogP contribution in [0.4, 0.5) is 0 Å². The smallest absolute Gasteiger partial charge is 0.125 e. The molecule has 1 saturated carbocycles. The summed E-state index contributed by atoms with van der Waals surface area (Å²) in [6, 6.07) is 6.16. The Kier molecular flexibility index (Phi) is 3.63. The molecular weight excluding hydrogens is 250 g/mol. The average molecular weight is 275 g/mol. The highest BCUT2D eigenvalue weighted by Crippen LogP contribution is 2.47. The maximum atomic E-state index is 6.39. The first-order valence-electron chi connectivity index (χ1n) is 7.79. The van der Waals surface area contributed by atoms with Gasteiger partial charge in [-0.1, -0.05) is 13.8 Å². The number of hydrogen-bond acceptors (Lipinski definition) is 3. The van der Waals surface area contributed by atoms with Gasteiger partial charge in [0.25, 0.3) is 0 Å². The van der Waals surface area contributed by atoms with E-state index in [-0.39, 0.29) is 11.6 Å². The molecule has 1 aromatic carbocycles. The first kappa shape index (κ1) is 13.7. The van der Waals surface area contributed by atoms with Crippen molar-refractivity contribution in [3.05, 3.63) is 23.8 Å². The van der Waals surface area contributed by atoms with E-state index < -0.39 is 0 Å². The van der Waals surface area contributed by atoms with E-state index in [9.17, 15) is 0 Å². The number of hydrogen-bond donors (Lipinski definition) is 1. The third-order valence-corrected chi connectivity index (χ3v) is 4.40. The number of benzene rings is 1. The Balaban J connectivity index is 1.80. The highest BCUT2D eigenvalue weighted by molar-refractivity contribution is 5.44. The van der Waals surface area contributed by atoms with Gasteiger partial charge in [-0.25, -0.2) is 0 Å². The zero-order valence-corrected chi connectivity index (χ0v) is 12.5. The molecule has 0 amide bonds. The van der Waals surface area contributed by atoms with Gasteiger partial charge in [0.05, 0.1) is 6.61 Å². The highest BCUT2D eigenvalue weighted by Gasteiger charge is 2.42. The van der Waals surface area contributed by atoms with Crippen molar-refractivity contribution in [1.29, 1.82) is 0 Å². The zero-order chi connectivity index (χ0) is 14.2. The van der Waals surface area contributed by atoms with Crippen LogP contribution in [0.25, 0.3) is 0 Å². The molecule has 3 heteroatoms. The Labute approximate surface area is 121 Å². The van der Waals surface area contributed by atoms with Gasteiger partial charge in [0.1, 0.15) is 17.1 Å². The second-order valence-corrected chi connectivity index (χ2v) is 6.71. The van der Waals surface area contributed by atoms with Gasteiger partial charge in [0, 0.05) is 18.0 Å². The summed E-state index contributed by atoms with van der Waals surface area (Å²) in [5.74, 6) is 2.39. The molecule has 3 rings (SSSR count).